The SMILES string of the molecule is COC(=O)CCC/C=C\C/C=C\C/C=C\CC=P(c1ccccc1)(c1ccccc1)c1ccccc1. The fourth-order valence-electron chi connectivity index (χ4n) is 4.19. The molecule has 186 valence electrons. The summed E-state index contributed by atoms with van der Waals surface area (Å²) in [6, 6.07) is 32.9. The molecule has 3 aromatic rings. The standard InChI is InChI=1S/C33H37O2P/c1-35-33(34)28-20-9-7-5-3-2-4-6-8-10-21-29-36(30-22-14-11-15-23-30,31-24-16-12-17-25-31)32-26-18-13-19-27-32/h2,4-5,7-8,10-19,22-27,29H,3,6,9,20-21,28H2,1H3/b4-2-,7-5-,10-8-. The average Bonchev–Trinajstić information content (AvgIpc) is 2.94. The van der Waals surface area contributed by atoms with Gasteiger partial charge in [-0.25, -0.2) is 0 Å². The Hall–Kier alpha value is -3.35. The highest BCUT2D eigenvalue weighted by Gasteiger charge is 2.23. The van der Waals surface area contributed by atoms with Gasteiger partial charge in [-0.1, -0.05) is 133 Å². The van der Waals surface area contributed by atoms with Gasteiger partial charge in [-0.3, -0.25) is 4.79 Å². The zero-order valence-corrected chi connectivity index (χ0v) is 22.1. The number of hydrogen-bond donors (Lipinski definition) is 0. The molecule has 0 fully saturated rings. The molecule has 0 aliphatic rings. The smallest absolute Gasteiger partial charge is 0.305 e. The van der Waals surface area contributed by atoms with Crippen molar-refractivity contribution in [2.24, 2.45) is 0 Å². The number of carbonyl (C=O) groups is 1. The maximum Gasteiger partial charge on any atom is 0.305 e. The van der Waals surface area contributed by atoms with E-state index in [0.717, 1.165) is 32.1 Å². The van der Waals surface area contributed by atoms with Gasteiger partial charge in [0.05, 0.1) is 7.11 Å². The summed E-state index contributed by atoms with van der Waals surface area (Å²) in [5.41, 5.74) is 0. The van der Waals surface area contributed by atoms with Crippen molar-refractivity contribution < 1.29 is 9.53 Å². The van der Waals surface area contributed by atoms with Gasteiger partial charge in [-0.2, -0.15) is 0 Å². The van der Waals surface area contributed by atoms with Gasteiger partial charge in [0.15, 0.2) is 0 Å². The van der Waals surface area contributed by atoms with Crippen LogP contribution in [-0.4, -0.2) is 18.9 Å². The molecule has 0 aliphatic heterocycles. The lowest BCUT2D eigenvalue weighted by Gasteiger charge is -2.28. The molecule has 0 radical (unpaired) electrons. The third-order valence-electron chi connectivity index (χ3n) is 6.03. The molecule has 36 heavy (non-hydrogen) atoms. The van der Waals surface area contributed by atoms with Crippen molar-refractivity contribution in [1.29, 1.82) is 0 Å². The topological polar surface area (TPSA) is 26.3 Å². The second-order valence-corrected chi connectivity index (χ2v) is 11.9. The Morgan fingerprint density at radius 1 is 0.639 bits per heavy atom. The first-order valence-electron chi connectivity index (χ1n) is 12.7. The maximum atomic E-state index is 11.1. The van der Waals surface area contributed by atoms with Crippen LogP contribution in [0.1, 0.15) is 38.5 Å². The predicted molar refractivity (Wildman–Crippen MR) is 158 cm³/mol. The molecule has 0 amide bonds. The van der Waals surface area contributed by atoms with E-state index in [2.05, 4.69) is 138 Å². The second kappa shape index (κ2) is 15.6. The van der Waals surface area contributed by atoms with Crippen molar-refractivity contribution in [3.63, 3.8) is 0 Å². The van der Waals surface area contributed by atoms with Crippen molar-refractivity contribution >= 4 is 34.6 Å². The van der Waals surface area contributed by atoms with E-state index in [4.69, 9.17) is 0 Å². The van der Waals surface area contributed by atoms with Crippen LogP contribution in [0, 0.1) is 0 Å². The Morgan fingerprint density at radius 2 is 1.06 bits per heavy atom. The highest BCUT2D eigenvalue weighted by Crippen LogP contribution is 2.43. The van der Waals surface area contributed by atoms with Gasteiger partial charge in [0.2, 0.25) is 0 Å². The Bertz CT molecular complexity index is 1070. The second-order valence-electron chi connectivity index (χ2n) is 8.50. The zero-order valence-electron chi connectivity index (χ0n) is 21.2. The van der Waals surface area contributed by atoms with Crippen molar-refractivity contribution in [2.45, 2.75) is 38.5 Å². The zero-order chi connectivity index (χ0) is 25.3. The maximum absolute atomic E-state index is 11.1. The van der Waals surface area contributed by atoms with Crippen molar-refractivity contribution in [1.82, 2.24) is 0 Å². The van der Waals surface area contributed by atoms with Gasteiger partial charge in [-0.15, -0.1) is 0 Å². The number of methoxy groups -OCH3 is 1. The molecular formula is C33H37O2P. The summed E-state index contributed by atoms with van der Waals surface area (Å²) in [6.45, 7) is -1.87. The molecule has 0 saturated heterocycles. The summed E-state index contributed by atoms with van der Waals surface area (Å²) in [5.74, 6) is 2.41. The Morgan fingerprint density at radius 3 is 1.50 bits per heavy atom. The van der Waals surface area contributed by atoms with Gasteiger partial charge in [0.1, 0.15) is 0 Å². The lowest BCUT2D eigenvalue weighted by atomic mass is 10.2. The van der Waals surface area contributed by atoms with Gasteiger partial charge >= 0.3 is 5.97 Å². The van der Waals surface area contributed by atoms with Gasteiger partial charge in [-0.05, 0) is 54.9 Å². The molecule has 0 spiro atoms. The minimum Gasteiger partial charge on any atom is -0.469 e. The normalized spacial score (nSPS) is 11.9. The van der Waals surface area contributed by atoms with Crippen LogP contribution in [0.5, 0.6) is 0 Å². The molecular weight excluding hydrogens is 459 g/mol. The van der Waals surface area contributed by atoms with Crippen LogP contribution in [0.2, 0.25) is 0 Å². The lowest BCUT2D eigenvalue weighted by Crippen LogP contribution is -2.26. The number of ether oxygens (including phenoxy) is 1. The van der Waals surface area contributed by atoms with Crippen molar-refractivity contribution in [2.75, 3.05) is 7.11 Å². The van der Waals surface area contributed by atoms with Gasteiger partial charge in [0, 0.05) is 6.42 Å². The fraction of sp³-hybridized carbons (Fsp3) is 0.212. The van der Waals surface area contributed by atoms with E-state index < -0.39 is 6.89 Å². The van der Waals surface area contributed by atoms with Crippen LogP contribution in [0.25, 0.3) is 0 Å². The number of unbranched alkanes of at least 4 members (excludes halogenated alkanes) is 1. The number of hydrogen-bond acceptors (Lipinski definition) is 2. The minimum absolute atomic E-state index is 0.136. The molecule has 2 nitrogen and oxygen atoms in total. The van der Waals surface area contributed by atoms with Crippen LogP contribution in [0.15, 0.2) is 127 Å². The van der Waals surface area contributed by atoms with E-state index >= 15 is 0 Å². The van der Waals surface area contributed by atoms with E-state index in [0.29, 0.717) is 6.42 Å². The van der Waals surface area contributed by atoms with E-state index in [1.807, 2.05) is 0 Å². The summed E-state index contributed by atoms with van der Waals surface area (Å²) in [6.07, 6.45) is 18.2. The van der Waals surface area contributed by atoms with Gasteiger partial charge < -0.3 is 4.74 Å². The third-order valence-corrected chi connectivity index (χ3v) is 10.1. The number of esters is 1. The average molecular weight is 497 g/mol. The van der Waals surface area contributed by atoms with Crippen LogP contribution in [0.4, 0.5) is 0 Å². The van der Waals surface area contributed by atoms with Crippen LogP contribution in [0.3, 0.4) is 0 Å². The van der Waals surface area contributed by atoms with Crippen LogP contribution < -0.4 is 15.9 Å². The summed E-state index contributed by atoms with van der Waals surface area (Å²) < 4.78 is 4.65. The Labute approximate surface area is 217 Å². The van der Waals surface area contributed by atoms with E-state index in [-0.39, 0.29) is 5.97 Å². The molecule has 0 aliphatic carbocycles. The number of rotatable bonds is 13. The van der Waals surface area contributed by atoms with Crippen LogP contribution >= 0.6 is 6.89 Å². The first-order valence-corrected chi connectivity index (χ1v) is 14.5. The largest absolute Gasteiger partial charge is 0.469 e. The first-order chi connectivity index (χ1) is 17.8. The quantitative estimate of drug-likeness (QED) is 0.111. The molecule has 0 bridgehead atoms. The minimum atomic E-state index is -1.87. The lowest BCUT2D eigenvalue weighted by molar-refractivity contribution is -0.140. The molecule has 0 unspecified atom stereocenters. The highest BCUT2D eigenvalue weighted by molar-refractivity contribution is 7.94. The number of benzene rings is 3. The summed E-state index contributed by atoms with van der Waals surface area (Å²) >= 11 is 0. The predicted octanol–water partition coefficient (Wildman–Crippen LogP) is 6.96. The van der Waals surface area contributed by atoms with E-state index in [9.17, 15) is 4.79 Å². The Balaban J connectivity index is 1.67. The molecule has 0 N–H and O–H groups in total. The first kappa shape index (κ1) is 27.2. The summed E-state index contributed by atoms with van der Waals surface area (Å²) in [5, 5.41) is 4.15. The summed E-state index contributed by atoms with van der Waals surface area (Å²) in [7, 11) is 1.43. The molecule has 3 rings (SSSR count). The summed E-state index contributed by atoms with van der Waals surface area (Å²) in [4.78, 5) is 11.1. The highest BCUT2D eigenvalue weighted by atomic mass is 31.2. The van der Waals surface area contributed by atoms with E-state index in [1.165, 1.54) is 23.0 Å². The van der Waals surface area contributed by atoms with Gasteiger partial charge in [0.25, 0.3) is 0 Å². The van der Waals surface area contributed by atoms with Crippen molar-refractivity contribution in [3.05, 3.63) is 127 Å². The molecule has 0 aromatic heterocycles. The van der Waals surface area contributed by atoms with E-state index in [1.54, 1.807) is 0 Å². The molecule has 3 aromatic carbocycles. The Kier molecular flexibility index (Phi) is 11.8. The molecule has 0 atom stereocenters. The molecule has 3 heteroatoms. The van der Waals surface area contributed by atoms with Crippen LogP contribution in [-0.2, 0) is 9.53 Å². The monoisotopic (exact) mass is 496 g/mol. The molecule has 0 heterocycles. The fourth-order valence-corrected chi connectivity index (χ4v) is 8.09. The van der Waals surface area contributed by atoms with Crippen molar-refractivity contribution in [3.8, 4) is 0 Å². The third kappa shape index (κ3) is 8.11. The number of allylic oxidation sites excluding steroid dienone is 6. The molecule has 0 saturated carbocycles. The number of carbonyl (C=O) groups excluding carboxylic acids is 1.